The molecule has 1 unspecified atom stereocenters. The van der Waals surface area contributed by atoms with Crippen molar-refractivity contribution in [1.82, 2.24) is 10.6 Å². The zero-order valence-electron chi connectivity index (χ0n) is 12.6. The highest BCUT2D eigenvalue weighted by Crippen LogP contribution is 2.30. The summed E-state index contributed by atoms with van der Waals surface area (Å²) in [7, 11) is 1.59. The number of carboxylic acids is 1. The molecular formula is C14H26N2O4. The first kappa shape index (κ1) is 16.9. The van der Waals surface area contributed by atoms with Gasteiger partial charge in [0.25, 0.3) is 0 Å². The molecule has 6 nitrogen and oxygen atoms in total. The first-order valence-corrected chi connectivity index (χ1v) is 7.11. The Labute approximate surface area is 120 Å². The molecule has 1 aliphatic heterocycles. The van der Waals surface area contributed by atoms with Crippen molar-refractivity contribution in [2.75, 3.05) is 33.4 Å². The number of carboxylic acid groups (broad SMARTS) is 1. The number of rotatable bonds is 7. The number of ether oxygens (including phenoxy) is 1. The van der Waals surface area contributed by atoms with Crippen LogP contribution in [0.1, 0.15) is 33.1 Å². The minimum absolute atomic E-state index is 0.0956. The Bertz CT molecular complexity index is 348. The maximum absolute atomic E-state index is 12.5. The van der Waals surface area contributed by atoms with Gasteiger partial charge in [-0.3, -0.25) is 9.59 Å². The molecule has 116 valence electrons. The van der Waals surface area contributed by atoms with Gasteiger partial charge in [-0.05, 0) is 39.3 Å². The van der Waals surface area contributed by atoms with Gasteiger partial charge in [0, 0.05) is 13.7 Å². The van der Waals surface area contributed by atoms with E-state index in [9.17, 15) is 14.7 Å². The topological polar surface area (TPSA) is 87.7 Å². The summed E-state index contributed by atoms with van der Waals surface area (Å²) in [6.07, 6.45) is 1.90. The monoisotopic (exact) mass is 286 g/mol. The molecule has 1 atom stereocenters. The summed E-state index contributed by atoms with van der Waals surface area (Å²) in [5.41, 5.74) is -1.45. The molecule has 1 aliphatic rings. The van der Waals surface area contributed by atoms with Crippen molar-refractivity contribution >= 4 is 11.9 Å². The molecule has 0 aromatic heterocycles. The number of carbonyl (C=O) groups excluding carboxylic acids is 1. The second-order valence-corrected chi connectivity index (χ2v) is 5.87. The van der Waals surface area contributed by atoms with E-state index >= 15 is 0 Å². The van der Waals surface area contributed by atoms with Crippen LogP contribution in [0.5, 0.6) is 0 Å². The average Bonchev–Trinajstić information content (AvgIpc) is 2.45. The van der Waals surface area contributed by atoms with Crippen LogP contribution in [0.25, 0.3) is 0 Å². The molecule has 1 heterocycles. The van der Waals surface area contributed by atoms with Crippen LogP contribution in [-0.4, -0.2) is 50.3 Å². The Morgan fingerprint density at radius 1 is 1.40 bits per heavy atom. The summed E-state index contributed by atoms with van der Waals surface area (Å²) >= 11 is 0. The number of hydrogen-bond donors (Lipinski definition) is 3. The van der Waals surface area contributed by atoms with Crippen LogP contribution in [0, 0.1) is 10.8 Å². The first-order valence-electron chi connectivity index (χ1n) is 7.11. The van der Waals surface area contributed by atoms with Crippen molar-refractivity contribution in [3.63, 3.8) is 0 Å². The highest BCUT2D eigenvalue weighted by Gasteiger charge is 2.41. The van der Waals surface area contributed by atoms with Crippen molar-refractivity contribution < 1.29 is 19.4 Å². The molecule has 1 amide bonds. The minimum Gasteiger partial charge on any atom is -0.481 e. The van der Waals surface area contributed by atoms with Crippen molar-refractivity contribution in [1.29, 1.82) is 0 Å². The SMILES string of the molecule is CCC(C)(CNC(=O)C1(COC)CCNCC1)C(=O)O. The standard InChI is InChI=1S/C14H26N2O4/c1-4-13(2,12(18)19)9-16-11(17)14(10-20-3)5-7-15-8-6-14/h15H,4-10H2,1-3H3,(H,16,17)(H,18,19). The van der Waals surface area contributed by atoms with Gasteiger partial charge >= 0.3 is 5.97 Å². The normalized spacial score (nSPS) is 20.9. The van der Waals surface area contributed by atoms with E-state index in [4.69, 9.17) is 4.74 Å². The fourth-order valence-electron chi connectivity index (χ4n) is 2.43. The van der Waals surface area contributed by atoms with Crippen LogP contribution in [0.15, 0.2) is 0 Å². The fourth-order valence-corrected chi connectivity index (χ4v) is 2.43. The molecule has 0 radical (unpaired) electrons. The molecule has 1 fully saturated rings. The molecule has 6 heteroatoms. The van der Waals surface area contributed by atoms with Crippen LogP contribution < -0.4 is 10.6 Å². The van der Waals surface area contributed by atoms with E-state index in [0.717, 1.165) is 13.1 Å². The van der Waals surface area contributed by atoms with Gasteiger partial charge in [0.05, 0.1) is 17.4 Å². The van der Waals surface area contributed by atoms with Crippen LogP contribution >= 0.6 is 0 Å². The molecule has 0 aliphatic carbocycles. The highest BCUT2D eigenvalue weighted by molar-refractivity contribution is 5.84. The maximum Gasteiger partial charge on any atom is 0.311 e. The molecule has 1 rings (SSSR count). The Morgan fingerprint density at radius 3 is 2.45 bits per heavy atom. The van der Waals surface area contributed by atoms with Crippen LogP contribution in [-0.2, 0) is 14.3 Å². The third kappa shape index (κ3) is 3.70. The fraction of sp³-hybridized carbons (Fsp3) is 0.857. The molecule has 0 aromatic rings. The van der Waals surface area contributed by atoms with E-state index in [2.05, 4.69) is 10.6 Å². The van der Waals surface area contributed by atoms with Crippen LogP contribution in [0.4, 0.5) is 0 Å². The van der Waals surface area contributed by atoms with Gasteiger partial charge in [-0.25, -0.2) is 0 Å². The predicted molar refractivity (Wildman–Crippen MR) is 75.5 cm³/mol. The number of nitrogens with one attached hydrogen (secondary N) is 2. The molecular weight excluding hydrogens is 260 g/mol. The Hall–Kier alpha value is -1.14. The van der Waals surface area contributed by atoms with E-state index in [1.807, 2.05) is 6.92 Å². The number of hydrogen-bond acceptors (Lipinski definition) is 4. The lowest BCUT2D eigenvalue weighted by Crippen LogP contribution is -2.52. The van der Waals surface area contributed by atoms with E-state index in [1.165, 1.54) is 0 Å². The minimum atomic E-state index is -0.920. The summed E-state index contributed by atoms with van der Waals surface area (Å²) in [5, 5.41) is 15.3. The number of methoxy groups -OCH3 is 1. The van der Waals surface area contributed by atoms with Gasteiger partial charge in [0.15, 0.2) is 0 Å². The quantitative estimate of drug-likeness (QED) is 0.638. The van der Waals surface area contributed by atoms with Crippen molar-refractivity contribution in [2.24, 2.45) is 10.8 Å². The summed E-state index contributed by atoms with van der Waals surface area (Å²) in [4.78, 5) is 23.7. The Morgan fingerprint density at radius 2 is 2.00 bits per heavy atom. The van der Waals surface area contributed by atoms with Crippen molar-refractivity contribution in [3.8, 4) is 0 Å². The van der Waals surface area contributed by atoms with Gasteiger partial charge in [0.1, 0.15) is 0 Å². The van der Waals surface area contributed by atoms with Crippen LogP contribution in [0.2, 0.25) is 0 Å². The molecule has 0 aromatic carbocycles. The summed E-state index contributed by atoms with van der Waals surface area (Å²) in [5.74, 6) is -0.979. The second-order valence-electron chi connectivity index (χ2n) is 5.87. The average molecular weight is 286 g/mol. The lowest BCUT2D eigenvalue weighted by Gasteiger charge is -2.36. The Kier molecular flexibility index (Phi) is 5.95. The van der Waals surface area contributed by atoms with Gasteiger partial charge < -0.3 is 20.5 Å². The predicted octanol–water partition coefficient (Wildman–Crippen LogP) is 0.620. The molecule has 3 N–H and O–H groups in total. The first-order chi connectivity index (χ1) is 9.40. The zero-order chi connectivity index (χ0) is 15.2. The molecule has 0 saturated carbocycles. The van der Waals surface area contributed by atoms with Crippen molar-refractivity contribution in [2.45, 2.75) is 33.1 Å². The van der Waals surface area contributed by atoms with Gasteiger partial charge in [0.2, 0.25) is 5.91 Å². The van der Waals surface area contributed by atoms with Gasteiger partial charge in [-0.15, -0.1) is 0 Å². The number of carbonyl (C=O) groups is 2. The van der Waals surface area contributed by atoms with E-state index < -0.39 is 16.8 Å². The summed E-state index contributed by atoms with van der Waals surface area (Å²) in [6, 6.07) is 0. The molecule has 20 heavy (non-hydrogen) atoms. The molecule has 1 saturated heterocycles. The third-order valence-electron chi connectivity index (χ3n) is 4.40. The Balaban J connectivity index is 2.69. The lowest BCUT2D eigenvalue weighted by molar-refractivity contribution is -0.148. The molecule has 0 bridgehead atoms. The van der Waals surface area contributed by atoms with Gasteiger partial charge in [-0.1, -0.05) is 6.92 Å². The second kappa shape index (κ2) is 7.04. The van der Waals surface area contributed by atoms with Gasteiger partial charge in [-0.2, -0.15) is 0 Å². The van der Waals surface area contributed by atoms with E-state index in [0.29, 0.717) is 25.9 Å². The van der Waals surface area contributed by atoms with E-state index in [1.54, 1.807) is 14.0 Å². The maximum atomic E-state index is 12.5. The van der Waals surface area contributed by atoms with Crippen LogP contribution in [0.3, 0.4) is 0 Å². The number of piperidine rings is 1. The third-order valence-corrected chi connectivity index (χ3v) is 4.40. The number of amides is 1. The highest BCUT2D eigenvalue weighted by atomic mass is 16.5. The number of aliphatic carboxylic acids is 1. The van der Waals surface area contributed by atoms with Crippen molar-refractivity contribution in [3.05, 3.63) is 0 Å². The summed E-state index contributed by atoms with van der Waals surface area (Å²) < 4.78 is 5.21. The largest absolute Gasteiger partial charge is 0.481 e. The lowest BCUT2D eigenvalue weighted by atomic mass is 9.78. The molecule has 0 spiro atoms. The summed E-state index contributed by atoms with van der Waals surface area (Å²) in [6.45, 7) is 5.55. The zero-order valence-corrected chi connectivity index (χ0v) is 12.6. The van der Waals surface area contributed by atoms with E-state index in [-0.39, 0.29) is 12.5 Å². The smallest absolute Gasteiger partial charge is 0.311 e.